The van der Waals surface area contributed by atoms with Gasteiger partial charge in [0.2, 0.25) is 4.84 Å². The number of nitrogens with one attached hydrogen (secondary N) is 1. The van der Waals surface area contributed by atoms with E-state index < -0.39 is 63.9 Å². The Hall–Kier alpha value is -3.58. The van der Waals surface area contributed by atoms with Gasteiger partial charge in [0.25, 0.3) is 5.91 Å². The van der Waals surface area contributed by atoms with Gasteiger partial charge in [-0.1, -0.05) is 75.5 Å². The van der Waals surface area contributed by atoms with Crippen molar-refractivity contribution >= 4 is 52.9 Å². The predicted octanol–water partition coefficient (Wildman–Crippen LogP) is 7.47. The highest BCUT2D eigenvalue weighted by atomic mass is 35.5. The molecule has 268 valence electrons. The summed E-state index contributed by atoms with van der Waals surface area (Å²) >= 11 is 9.56. The number of carbonyl (C=O) groups is 5. The Balaban J connectivity index is 0.000000902. The number of carboxylic acids is 1. The second-order valence-electron chi connectivity index (χ2n) is 11.9. The highest BCUT2D eigenvalue weighted by molar-refractivity contribution is 6.52. The summed E-state index contributed by atoms with van der Waals surface area (Å²) in [4.78, 5) is 55.1. The molecule has 0 aliphatic heterocycles. The summed E-state index contributed by atoms with van der Waals surface area (Å²) < 4.78 is 55.0. The van der Waals surface area contributed by atoms with Gasteiger partial charge in [0, 0.05) is 28.7 Å². The molecule has 1 aromatic rings. The maximum atomic E-state index is 13.1. The van der Waals surface area contributed by atoms with E-state index in [1.807, 2.05) is 20.8 Å². The van der Waals surface area contributed by atoms with Gasteiger partial charge in [-0.2, -0.15) is 13.2 Å². The molecule has 0 saturated heterocycles. The van der Waals surface area contributed by atoms with Gasteiger partial charge in [0.15, 0.2) is 0 Å². The Bertz CT molecular complexity index is 1370. The minimum atomic E-state index is -5.16. The number of imide groups is 1. The fourth-order valence-electron chi connectivity index (χ4n) is 5.31. The number of carboxylic acid groups (broad SMARTS) is 1. The molecule has 2 aliphatic rings. The van der Waals surface area contributed by atoms with E-state index in [9.17, 15) is 37.1 Å². The van der Waals surface area contributed by atoms with Gasteiger partial charge in [-0.25, -0.2) is 14.4 Å². The van der Waals surface area contributed by atoms with Crippen LogP contribution >= 0.6 is 23.2 Å². The van der Waals surface area contributed by atoms with Crippen molar-refractivity contribution in [3.05, 3.63) is 54.1 Å². The molecule has 6 atom stereocenters. The van der Waals surface area contributed by atoms with Gasteiger partial charge >= 0.3 is 24.2 Å². The zero-order valence-electron chi connectivity index (χ0n) is 27.8. The Labute approximate surface area is 288 Å². The van der Waals surface area contributed by atoms with E-state index in [0.29, 0.717) is 18.6 Å². The van der Waals surface area contributed by atoms with Crippen LogP contribution in [0.2, 0.25) is 0 Å². The molecule has 1 fully saturated rings. The minimum absolute atomic E-state index is 0.0268. The predicted molar refractivity (Wildman–Crippen MR) is 173 cm³/mol. The first-order valence-corrected chi connectivity index (χ1v) is 15.7. The molecule has 0 radical (unpaired) electrons. The summed E-state index contributed by atoms with van der Waals surface area (Å²) in [7, 11) is 1.48. The molecule has 0 heterocycles. The lowest BCUT2D eigenvalue weighted by Crippen LogP contribution is -2.56. The van der Waals surface area contributed by atoms with Crippen molar-refractivity contribution in [2.24, 2.45) is 22.7 Å². The summed E-state index contributed by atoms with van der Waals surface area (Å²) in [5.74, 6) is -3.85. The van der Waals surface area contributed by atoms with E-state index in [0.717, 1.165) is 5.57 Å². The first-order chi connectivity index (χ1) is 22.1. The average Bonchev–Trinajstić information content (AvgIpc) is 3.01. The van der Waals surface area contributed by atoms with Crippen LogP contribution in [0.1, 0.15) is 71.2 Å². The minimum Gasteiger partial charge on any atom is -0.497 e. The van der Waals surface area contributed by atoms with Crippen LogP contribution in [0.25, 0.3) is 0 Å². The van der Waals surface area contributed by atoms with Crippen molar-refractivity contribution in [3.63, 3.8) is 0 Å². The third kappa shape index (κ3) is 11.3. The molecule has 0 spiro atoms. The molecule has 15 heteroatoms. The topological polar surface area (TPSA) is 145 Å². The lowest BCUT2D eigenvalue weighted by molar-refractivity contribution is -0.212. The summed E-state index contributed by atoms with van der Waals surface area (Å²) in [6, 6.07) is 6.12. The van der Waals surface area contributed by atoms with E-state index >= 15 is 0 Å². The summed E-state index contributed by atoms with van der Waals surface area (Å²) in [6.07, 6.45) is -3.62. The van der Waals surface area contributed by atoms with Gasteiger partial charge in [-0.15, -0.1) is 6.58 Å². The maximum absolute atomic E-state index is 13.1. The van der Waals surface area contributed by atoms with E-state index in [4.69, 9.17) is 42.5 Å². The van der Waals surface area contributed by atoms with E-state index in [1.54, 1.807) is 39.0 Å². The average molecular weight is 725 g/mol. The number of fused-ring (bicyclic) bond motifs is 1. The second-order valence-corrected chi connectivity index (χ2v) is 13.0. The Morgan fingerprint density at radius 3 is 2.02 bits per heavy atom. The third-order valence-electron chi connectivity index (χ3n) is 8.56. The molecule has 1 aromatic carbocycles. The number of ether oxygens (including phenoxy) is 3. The molecule has 1 saturated carbocycles. The highest BCUT2D eigenvalue weighted by Crippen LogP contribution is 2.58. The normalized spacial score (nSPS) is 27.1. The molecule has 0 aromatic heterocycles. The standard InChI is InChI=1S/C27H32F3NO6.C4H8O.C2H2Cl2O2/c1-7-25(4)14-20(36-24(34)31-22(32)17-8-10-19(35-6)11-9-17)26(5)16(3)13-18(26)12-15(2)21(25)37-23(33)27(28,29)30;1-3-4(2)5;3-1(4)2(5)6/h7-12,15-16,20-21H,1,13-14H2,2-6H3,(H,31,32,34);3H2,1-2H3;1H,(H,5,6)/b18-12-;;/t15-,16?,20-,21?,25-,26-;;/m1../s1. The van der Waals surface area contributed by atoms with Gasteiger partial charge in [-0.3, -0.25) is 10.1 Å². The number of aliphatic carboxylic acids is 1. The first kappa shape index (κ1) is 42.4. The van der Waals surface area contributed by atoms with Crippen molar-refractivity contribution in [2.45, 2.75) is 84.0 Å². The molecule has 2 aliphatic carbocycles. The molecular formula is C33H42Cl2F3NO9. The first-order valence-electron chi connectivity index (χ1n) is 14.9. The Morgan fingerprint density at radius 2 is 1.62 bits per heavy atom. The number of carbonyl (C=O) groups excluding carboxylic acids is 4. The number of hydrogen-bond acceptors (Lipinski definition) is 8. The molecule has 0 bridgehead atoms. The number of alkyl halides is 5. The number of methoxy groups -OCH3 is 1. The number of benzene rings is 1. The zero-order valence-corrected chi connectivity index (χ0v) is 29.3. The molecule has 2 unspecified atom stereocenters. The van der Waals surface area contributed by atoms with Crippen LogP contribution in [0.5, 0.6) is 5.75 Å². The summed E-state index contributed by atoms with van der Waals surface area (Å²) in [5.41, 5.74) is -0.696. The monoisotopic (exact) mass is 723 g/mol. The van der Waals surface area contributed by atoms with Crippen molar-refractivity contribution in [3.8, 4) is 5.75 Å². The van der Waals surface area contributed by atoms with E-state index in [-0.39, 0.29) is 23.7 Å². The number of alkyl carbamates (subject to hydrolysis) is 1. The van der Waals surface area contributed by atoms with Crippen molar-refractivity contribution in [1.82, 2.24) is 5.32 Å². The zero-order chi connectivity index (χ0) is 37.2. The molecule has 2 amide bonds. The summed E-state index contributed by atoms with van der Waals surface area (Å²) in [6.45, 7) is 14.4. The lowest BCUT2D eigenvalue weighted by Gasteiger charge is -2.56. The molecule has 2 N–H and O–H groups in total. The Kier molecular flexibility index (Phi) is 15.7. The van der Waals surface area contributed by atoms with Crippen LogP contribution in [0.15, 0.2) is 48.6 Å². The van der Waals surface area contributed by atoms with Gasteiger partial charge < -0.3 is 24.1 Å². The van der Waals surface area contributed by atoms with Crippen LogP contribution in [0.4, 0.5) is 18.0 Å². The third-order valence-corrected chi connectivity index (χ3v) is 8.93. The van der Waals surface area contributed by atoms with Gasteiger partial charge in [0.05, 0.1) is 7.11 Å². The fourth-order valence-corrected chi connectivity index (χ4v) is 5.31. The molecular weight excluding hydrogens is 682 g/mol. The number of rotatable bonds is 7. The quantitative estimate of drug-likeness (QED) is 0.166. The number of halogens is 5. The van der Waals surface area contributed by atoms with E-state index in [2.05, 4.69) is 11.9 Å². The van der Waals surface area contributed by atoms with Gasteiger partial charge in [-0.05, 0) is 49.9 Å². The van der Waals surface area contributed by atoms with Crippen LogP contribution < -0.4 is 10.1 Å². The SMILES string of the molecule is C=C[C@]1(C)C[C@@H](OC(=O)NC(=O)c2ccc(OC)cc2)[C@@]2(C)/C(=C\[C@@H](C)C1OC(=O)C(F)(F)F)CC2C.CCC(C)=O.O=C(O)C(Cl)Cl. The van der Waals surface area contributed by atoms with Crippen LogP contribution in [-0.4, -0.2) is 65.2 Å². The van der Waals surface area contributed by atoms with Crippen molar-refractivity contribution in [2.75, 3.05) is 7.11 Å². The number of amides is 2. The number of Topliss-reactive ketones (excluding diaryl/α,β-unsaturated/α-hetero) is 1. The van der Waals surface area contributed by atoms with Gasteiger partial charge in [0.1, 0.15) is 23.7 Å². The molecule has 48 heavy (non-hydrogen) atoms. The number of ketones is 1. The smallest absolute Gasteiger partial charge is 0.490 e. The van der Waals surface area contributed by atoms with Crippen LogP contribution in [0, 0.1) is 22.7 Å². The highest BCUT2D eigenvalue weighted by Gasteiger charge is 2.57. The molecule has 3 rings (SSSR count). The fraction of sp³-hybridized carbons (Fsp3) is 0.545. The van der Waals surface area contributed by atoms with Crippen LogP contribution in [-0.2, 0) is 23.9 Å². The van der Waals surface area contributed by atoms with Crippen LogP contribution in [0.3, 0.4) is 0 Å². The van der Waals surface area contributed by atoms with Crippen molar-refractivity contribution in [1.29, 1.82) is 0 Å². The summed E-state index contributed by atoms with van der Waals surface area (Å²) in [5, 5.41) is 9.93. The maximum Gasteiger partial charge on any atom is 0.490 e. The number of esters is 1. The second kappa shape index (κ2) is 17.7. The lowest BCUT2D eigenvalue weighted by atomic mass is 9.51. The van der Waals surface area contributed by atoms with Crippen molar-refractivity contribution < 1.29 is 56.5 Å². The Morgan fingerprint density at radius 1 is 1.10 bits per heavy atom. The largest absolute Gasteiger partial charge is 0.497 e. The van der Waals surface area contributed by atoms with E-state index in [1.165, 1.54) is 25.3 Å². The number of hydrogen-bond donors (Lipinski definition) is 2. The molecule has 10 nitrogen and oxygen atoms in total.